The molecule has 3 aromatic rings. The van der Waals surface area contributed by atoms with Gasteiger partial charge in [0.25, 0.3) is 0 Å². The van der Waals surface area contributed by atoms with Crippen LogP contribution in [0, 0.1) is 5.92 Å². The molecule has 182 valence electrons. The van der Waals surface area contributed by atoms with Gasteiger partial charge in [-0.3, -0.25) is 14.4 Å². The first-order valence-corrected chi connectivity index (χ1v) is 11.6. The van der Waals surface area contributed by atoms with Crippen LogP contribution in [-0.2, 0) is 33.9 Å². The van der Waals surface area contributed by atoms with E-state index in [1.54, 1.807) is 4.90 Å². The largest absolute Gasteiger partial charge is 0.481 e. The monoisotopic (exact) mass is 473 g/mol. The quantitative estimate of drug-likeness (QED) is 0.466. The van der Waals surface area contributed by atoms with Gasteiger partial charge in [0.1, 0.15) is 0 Å². The van der Waals surface area contributed by atoms with Crippen molar-refractivity contribution in [2.75, 3.05) is 6.54 Å². The van der Waals surface area contributed by atoms with Gasteiger partial charge in [-0.15, -0.1) is 0 Å². The van der Waals surface area contributed by atoms with Gasteiger partial charge >= 0.3 is 5.97 Å². The lowest BCUT2D eigenvalue weighted by molar-refractivity contribution is -0.141. The minimum Gasteiger partial charge on any atom is -0.481 e. The Morgan fingerprint density at radius 2 is 1.40 bits per heavy atom. The Labute approximate surface area is 205 Å². The zero-order valence-corrected chi connectivity index (χ0v) is 19.5. The molecule has 2 amide bonds. The summed E-state index contributed by atoms with van der Waals surface area (Å²) in [6.45, 7) is 1.34. The van der Waals surface area contributed by atoms with E-state index in [1.807, 2.05) is 91.0 Å². The van der Waals surface area contributed by atoms with Crippen LogP contribution in [0.4, 0.5) is 0 Å². The summed E-state index contributed by atoms with van der Waals surface area (Å²) in [5.74, 6) is -1.62. The highest BCUT2D eigenvalue weighted by atomic mass is 16.4. The number of nitrogens with zero attached hydrogens (tertiary/aromatic N) is 1. The van der Waals surface area contributed by atoms with E-state index in [4.69, 9.17) is 10.8 Å². The van der Waals surface area contributed by atoms with Crippen LogP contribution in [0.15, 0.2) is 91.0 Å². The Bertz CT molecular complexity index is 1090. The van der Waals surface area contributed by atoms with E-state index < -0.39 is 17.9 Å². The lowest BCUT2D eigenvalue weighted by Gasteiger charge is -2.15. The van der Waals surface area contributed by atoms with Gasteiger partial charge in [-0.25, -0.2) is 0 Å². The molecule has 1 saturated heterocycles. The van der Waals surface area contributed by atoms with Crippen molar-refractivity contribution >= 4 is 17.8 Å². The Kier molecular flexibility index (Phi) is 9.57. The third kappa shape index (κ3) is 8.39. The molecule has 1 aliphatic rings. The second-order valence-electron chi connectivity index (χ2n) is 8.50. The molecule has 0 saturated carbocycles. The number of hydrogen-bond donors (Lipinski definition) is 3. The normalized spacial score (nSPS) is 15.6. The van der Waals surface area contributed by atoms with E-state index >= 15 is 0 Å². The first-order valence-electron chi connectivity index (χ1n) is 11.6. The van der Waals surface area contributed by atoms with Crippen molar-refractivity contribution in [2.45, 2.75) is 32.0 Å². The lowest BCUT2D eigenvalue weighted by Crippen LogP contribution is -2.41. The topological polar surface area (TPSA) is 113 Å². The average Bonchev–Trinajstić information content (AvgIpc) is 3.25. The number of benzene rings is 3. The summed E-state index contributed by atoms with van der Waals surface area (Å²) in [4.78, 5) is 35.8. The van der Waals surface area contributed by atoms with E-state index in [-0.39, 0.29) is 18.2 Å². The molecule has 7 nitrogen and oxygen atoms in total. The molecular weight excluding hydrogens is 442 g/mol. The zero-order chi connectivity index (χ0) is 25.0. The Hall–Kier alpha value is -3.97. The van der Waals surface area contributed by atoms with Gasteiger partial charge in [-0.2, -0.15) is 0 Å². The fraction of sp³-hybridized carbons (Fsp3) is 0.250. The van der Waals surface area contributed by atoms with Crippen LogP contribution in [0.5, 0.6) is 0 Å². The molecule has 1 aliphatic heterocycles. The number of aliphatic carboxylic acids is 1. The highest BCUT2D eigenvalue weighted by Gasteiger charge is 2.33. The third-order valence-corrected chi connectivity index (χ3v) is 5.72. The number of amides is 2. The highest BCUT2D eigenvalue weighted by Crippen LogP contribution is 2.20. The standard InChI is InChI=1S/C16H18N2O.C12H13NO3/c17-15(11-13-7-3-1-4-8-13)16(19)18-12-14-9-5-2-6-10-14;14-11-6-10(12(15)16)8-13(11)7-9-4-2-1-3-5-9/h1-10,15H,11-12,17H2,(H,18,19);1-5,10H,6-8H2,(H,15,16)/t15-;10-/m00/s1. The number of likely N-dealkylation sites (tertiary alicyclic amines) is 1. The number of carboxylic acid groups (broad SMARTS) is 1. The second-order valence-corrected chi connectivity index (χ2v) is 8.50. The van der Waals surface area contributed by atoms with Crippen molar-refractivity contribution in [1.29, 1.82) is 0 Å². The van der Waals surface area contributed by atoms with Gasteiger partial charge < -0.3 is 21.1 Å². The predicted octanol–water partition coefficient (Wildman–Crippen LogP) is 2.99. The van der Waals surface area contributed by atoms with E-state index in [0.717, 1.165) is 16.7 Å². The smallest absolute Gasteiger partial charge is 0.308 e. The van der Waals surface area contributed by atoms with Gasteiger partial charge in [-0.05, 0) is 23.1 Å². The summed E-state index contributed by atoms with van der Waals surface area (Å²) in [7, 11) is 0. The molecule has 7 heteroatoms. The van der Waals surface area contributed by atoms with E-state index in [9.17, 15) is 14.4 Å². The summed E-state index contributed by atoms with van der Waals surface area (Å²) < 4.78 is 0. The van der Waals surface area contributed by atoms with E-state index in [0.29, 0.717) is 26.1 Å². The molecule has 2 atom stereocenters. The minimum atomic E-state index is -0.885. The van der Waals surface area contributed by atoms with Crippen molar-refractivity contribution in [2.24, 2.45) is 11.7 Å². The number of nitrogens with one attached hydrogen (secondary N) is 1. The van der Waals surface area contributed by atoms with Crippen LogP contribution in [0.25, 0.3) is 0 Å². The summed E-state index contributed by atoms with van der Waals surface area (Å²) >= 11 is 0. The first kappa shape index (κ1) is 25.6. The third-order valence-electron chi connectivity index (χ3n) is 5.72. The molecule has 0 unspecified atom stereocenters. The number of carbonyl (C=O) groups excluding carboxylic acids is 2. The molecule has 4 rings (SSSR count). The maximum Gasteiger partial charge on any atom is 0.308 e. The predicted molar refractivity (Wildman–Crippen MR) is 134 cm³/mol. The summed E-state index contributed by atoms with van der Waals surface area (Å²) in [6, 6.07) is 28.7. The number of carbonyl (C=O) groups is 3. The van der Waals surface area contributed by atoms with Gasteiger partial charge in [0, 0.05) is 26.1 Å². The fourth-order valence-corrected chi connectivity index (χ4v) is 3.77. The Morgan fingerprint density at radius 3 is 1.91 bits per heavy atom. The Balaban J connectivity index is 0.000000198. The van der Waals surface area contributed by atoms with Gasteiger partial charge in [0.2, 0.25) is 11.8 Å². The van der Waals surface area contributed by atoms with Crippen LogP contribution >= 0.6 is 0 Å². The van der Waals surface area contributed by atoms with Crippen molar-refractivity contribution < 1.29 is 19.5 Å². The lowest BCUT2D eigenvalue weighted by atomic mass is 10.1. The molecule has 0 aliphatic carbocycles. The fourth-order valence-electron chi connectivity index (χ4n) is 3.77. The summed E-state index contributed by atoms with van der Waals surface area (Å²) in [5.41, 5.74) is 9.08. The maximum absolute atomic E-state index is 11.9. The molecule has 1 heterocycles. The molecule has 0 bridgehead atoms. The van der Waals surface area contributed by atoms with Crippen molar-refractivity contribution in [1.82, 2.24) is 10.2 Å². The molecular formula is C28H31N3O4. The van der Waals surface area contributed by atoms with Gasteiger partial charge in [-0.1, -0.05) is 91.0 Å². The molecule has 3 aromatic carbocycles. The number of nitrogens with two attached hydrogens (primary N) is 1. The first-order chi connectivity index (χ1) is 16.9. The SMILES string of the molecule is N[C@@H](Cc1ccccc1)C(=O)NCc1ccccc1.O=C(O)[C@H]1CC(=O)N(Cc2ccccc2)C1. The van der Waals surface area contributed by atoms with Gasteiger partial charge in [0.15, 0.2) is 0 Å². The number of rotatable bonds is 8. The molecule has 0 radical (unpaired) electrons. The minimum absolute atomic E-state index is 0.0729. The molecule has 0 spiro atoms. The molecule has 1 fully saturated rings. The van der Waals surface area contributed by atoms with Crippen molar-refractivity contribution in [3.63, 3.8) is 0 Å². The molecule has 4 N–H and O–H groups in total. The van der Waals surface area contributed by atoms with Crippen LogP contribution < -0.4 is 11.1 Å². The van der Waals surface area contributed by atoms with E-state index in [1.165, 1.54) is 0 Å². The van der Waals surface area contributed by atoms with E-state index in [2.05, 4.69) is 5.32 Å². The second kappa shape index (κ2) is 13.1. The summed E-state index contributed by atoms with van der Waals surface area (Å²) in [5, 5.41) is 11.7. The maximum atomic E-state index is 11.9. The van der Waals surface area contributed by atoms with Crippen LogP contribution in [-0.4, -0.2) is 40.4 Å². The summed E-state index contributed by atoms with van der Waals surface area (Å²) in [6.07, 6.45) is 0.684. The molecule has 0 aromatic heterocycles. The van der Waals surface area contributed by atoms with Crippen LogP contribution in [0.1, 0.15) is 23.1 Å². The number of carboxylic acids is 1. The van der Waals surface area contributed by atoms with Crippen LogP contribution in [0.3, 0.4) is 0 Å². The zero-order valence-electron chi connectivity index (χ0n) is 19.5. The number of hydrogen-bond acceptors (Lipinski definition) is 4. The van der Waals surface area contributed by atoms with Crippen LogP contribution in [0.2, 0.25) is 0 Å². The van der Waals surface area contributed by atoms with Crippen molar-refractivity contribution in [3.8, 4) is 0 Å². The highest BCUT2D eigenvalue weighted by molar-refractivity contribution is 5.86. The van der Waals surface area contributed by atoms with Gasteiger partial charge in [0.05, 0.1) is 12.0 Å². The molecule has 35 heavy (non-hydrogen) atoms. The van der Waals surface area contributed by atoms with Crippen molar-refractivity contribution in [3.05, 3.63) is 108 Å². The average molecular weight is 474 g/mol. The Morgan fingerprint density at radius 1 is 0.886 bits per heavy atom.